The molecule has 0 aliphatic carbocycles. The van der Waals surface area contributed by atoms with Crippen molar-refractivity contribution in [2.75, 3.05) is 25.5 Å². The number of rotatable bonds is 5. The third-order valence-electron chi connectivity index (χ3n) is 4.92. The van der Waals surface area contributed by atoms with Crippen LogP contribution in [0.4, 0.5) is 5.69 Å². The van der Waals surface area contributed by atoms with Gasteiger partial charge in [-0.2, -0.15) is 4.31 Å². The third-order valence-corrected chi connectivity index (χ3v) is 7.05. The molecule has 2 aromatic carbocycles. The van der Waals surface area contributed by atoms with E-state index in [1.165, 1.54) is 4.31 Å². The topological polar surface area (TPSA) is 75.7 Å². The number of halogens is 1. The van der Waals surface area contributed by atoms with Crippen LogP contribution in [0.1, 0.15) is 18.4 Å². The van der Waals surface area contributed by atoms with Gasteiger partial charge in [-0.1, -0.05) is 17.7 Å². The Kier molecular flexibility index (Phi) is 6.27. The van der Waals surface area contributed by atoms with Gasteiger partial charge in [0.05, 0.1) is 12.0 Å². The molecule has 0 unspecified atom stereocenters. The van der Waals surface area contributed by atoms with Gasteiger partial charge >= 0.3 is 0 Å². The number of nitrogens with zero attached hydrogens (tertiary/aromatic N) is 1. The zero-order valence-corrected chi connectivity index (χ0v) is 17.4. The van der Waals surface area contributed by atoms with Crippen LogP contribution in [0.3, 0.4) is 0 Å². The molecule has 1 fully saturated rings. The monoisotopic (exact) mass is 422 g/mol. The highest BCUT2D eigenvalue weighted by molar-refractivity contribution is 7.89. The summed E-state index contributed by atoms with van der Waals surface area (Å²) in [5.41, 5.74) is 1.40. The number of methoxy groups -OCH3 is 1. The van der Waals surface area contributed by atoms with Crippen LogP contribution in [0.2, 0.25) is 5.02 Å². The van der Waals surface area contributed by atoms with E-state index < -0.39 is 10.0 Å². The number of aryl methyl sites for hydroxylation is 1. The van der Waals surface area contributed by atoms with Gasteiger partial charge in [0.1, 0.15) is 5.75 Å². The maximum absolute atomic E-state index is 12.9. The van der Waals surface area contributed by atoms with Crippen LogP contribution in [0.15, 0.2) is 47.4 Å². The number of piperidine rings is 1. The summed E-state index contributed by atoms with van der Waals surface area (Å²) in [7, 11) is -2.04. The van der Waals surface area contributed by atoms with Gasteiger partial charge in [-0.3, -0.25) is 4.79 Å². The minimum atomic E-state index is -3.59. The van der Waals surface area contributed by atoms with Gasteiger partial charge in [-0.15, -0.1) is 0 Å². The van der Waals surface area contributed by atoms with E-state index in [0.717, 1.165) is 5.56 Å². The maximum Gasteiger partial charge on any atom is 0.243 e. The fourth-order valence-electron chi connectivity index (χ4n) is 3.33. The number of amides is 1. The van der Waals surface area contributed by atoms with Crippen molar-refractivity contribution in [1.82, 2.24) is 4.31 Å². The zero-order valence-electron chi connectivity index (χ0n) is 15.8. The minimum Gasteiger partial charge on any atom is -0.496 e. The standard InChI is InChI=1S/C20H23ClN2O4S/c1-14-12-18(6-7-19(14)27-2)28(25,26)23-10-8-15(9-11-23)20(24)22-17-5-3-4-16(21)13-17/h3-7,12-13,15H,8-11H2,1-2H3,(H,22,24). The van der Waals surface area contributed by atoms with E-state index in [9.17, 15) is 13.2 Å². The fraction of sp³-hybridized carbons (Fsp3) is 0.350. The molecule has 150 valence electrons. The van der Waals surface area contributed by atoms with E-state index >= 15 is 0 Å². The first kappa shape index (κ1) is 20.6. The molecular weight excluding hydrogens is 400 g/mol. The molecule has 1 N–H and O–H groups in total. The summed E-state index contributed by atoms with van der Waals surface area (Å²) in [6.07, 6.45) is 0.946. The molecule has 1 aliphatic heterocycles. The first-order valence-corrected chi connectivity index (χ1v) is 10.8. The van der Waals surface area contributed by atoms with Gasteiger partial charge < -0.3 is 10.1 Å². The highest BCUT2D eigenvalue weighted by Crippen LogP contribution is 2.28. The van der Waals surface area contributed by atoms with Crippen molar-refractivity contribution < 1.29 is 17.9 Å². The number of anilines is 1. The van der Waals surface area contributed by atoms with Gasteiger partial charge in [-0.05, 0) is 61.7 Å². The lowest BCUT2D eigenvalue weighted by Gasteiger charge is -2.30. The van der Waals surface area contributed by atoms with Crippen molar-refractivity contribution in [3.63, 3.8) is 0 Å². The van der Waals surface area contributed by atoms with E-state index in [1.54, 1.807) is 49.6 Å². The fourth-order valence-corrected chi connectivity index (χ4v) is 5.08. The molecule has 3 rings (SSSR count). The molecule has 1 saturated heterocycles. The van der Waals surface area contributed by atoms with Crippen molar-refractivity contribution in [1.29, 1.82) is 0 Å². The number of nitrogens with one attached hydrogen (secondary N) is 1. The van der Waals surface area contributed by atoms with Gasteiger partial charge in [0.15, 0.2) is 0 Å². The Morgan fingerprint density at radius 3 is 2.50 bits per heavy atom. The Morgan fingerprint density at radius 2 is 1.89 bits per heavy atom. The SMILES string of the molecule is COc1ccc(S(=O)(=O)N2CCC(C(=O)Nc3cccc(Cl)c3)CC2)cc1C. The summed E-state index contributed by atoms with van der Waals surface area (Å²) in [4.78, 5) is 12.7. The van der Waals surface area contributed by atoms with Crippen LogP contribution in [0.5, 0.6) is 5.75 Å². The van der Waals surface area contributed by atoms with Crippen LogP contribution < -0.4 is 10.1 Å². The molecule has 6 nitrogen and oxygen atoms in total. The lowest BCUT2D eigenvalue weighted by Crippen LogP contribution is -2.41. The van der Waals surface area contributed by atoms with E-state index in [-0.39, 0.29) is 16.7 Å². The van der Waals surface area contributed by atoms with E-state index in [2.05, 4.69) is 5.32 Å². The van der Waals surface area contributed by atoms with Gasteiger partial charge in [0, 0.05) is 29.7 Å². The number of sulfonamides is 1. The summed E-state index contributed by atoms with van der Waals surface area (Å²) in [6, 6.07) is 11.8. The second-order valence-corrected chi connectivity index (χ2v) is 9.18. The largest absolute Gasteiger partial charge is 0.496 e. The number of carbonyl (C=O) groups excluding carboxylic acids is 1. The Labute approximate surface area is 170 Å². The zero-order chi connectivity index (χ0) is 20.3. The first-order valence-electron chi connectivity index (χ1n) is 9.02. The van der Waals surface area contributed by atoms with Crippen LogP contribution in [0.25, 0.3) is 0 Å². The smallest absolute Gasteiger partial charge is 0.243 e. The van der Waals surface area contributed by atoms with Gasteiger partial charge in [0.2, 0.25) is 15.9 Å². The third kappa shape index (κ3) is 4.48. The van der Waals surface area contributed by atoms with Crippen LogP contribution >= 0.6 is 11.6 Å². The highest BCUT2D eigenvalue weighted by Gasteiger charge is 2.32. The van der Waals surface area contributed by atoms with Crippen molar-refractivity contribution in [3.05, 3.63) is 53.1 Å². The predicted molar refractivity (Wildman–Crippen MR) is 109 cm³/mol. The molecule has 1 amide bonds. The van der Waals surface area contributed by atoms with Crippen molar-refractivity contribution in [3.8, 4) is 5.75 Å². The van der Waals surface area contributed by atoms with Crippen LogP contribution in [-0.2, 0) is 14.8 Å². The van der Waals surface area contributed by atoms with E-state index in [4.69, 9.17) is 16.3 Å². The average Bonchev–Trinajstić information content (AvgIpc) is 2.68. The molecule has 0 bridgehead atoms. The normalized spacial score (nSPS) is 16.0. The summed E-state index contributed by atoms with van der Waals surface area (Å²) >= 11 is 5.94. The Hall–Kier alpha value is -2.09. The lowest BCUT2D eigenvalue weighted by atomic mass is 9.97. The number of hydrogen-bond acceptors (Lipinski definition) is 4. The molecule has 0 radical (unpaired) electrons. The molecule has 8 heteroatoms. The number of hydrogen-bond donors (Lipinski definition) is 1. The maximum atomic E-state index is 12.9. The molecule has 0 atom stereocenters. The molecule has 28 heavy (non-hydrogen) atoms. The number of ether oxygens (including phenoxy) is 1. The number of benzene rings is 2. The number of carbonyl (C=O) groups is 1. The summed E-state index contributed by atoms with van der Waals surface area (Å²) in [6.45, 7) is 2.42. The van der Waals surface area contributed by atoms with Gasteiger partial charge in [0.25, 0.3) is 0 Å². The van der Waals surface area contributed by atoms with Gasteiger partial charge in [-0.25, -0.2) is 8.42 Å². The molecular formula is C20H23ClN2O4S. The Balaban J connectivity index is 1.64. The molecule has 1 aliphatic rings. The Morgan fingerprint density at radius 1 is 1.18 bits per heavy atom. The second kappa shape index (κ2) is 8.51. The summed E-state index contributed by atoms with van der Waals surface area (Å²) in [5, 5.41) is 3.40. The van der Waals surface area contributed by atoms with E-state index in [0.29, 0.717) is 42.4 Å². The van der Waals surface area contributed by atoms with Crippen molar-refractivity contribution in [2.45, 2.75) is 24.7 Å². The molecule has 2 aromatic rings. The molecule has 0 spiro atoms. The van der Waals surface area contributed by atoms with Crippen LogP contribution in [-0.4, -0.2) is 38.8 Å². The lowest BCUT2D eigenvalue weighted by molar-refractivity contribution is -0.120. The van der Waals surface area contributed by atoms with Crippen molar-refractivity contribution in [2.24, 2.45) is 5.92 Å². The second-order valence-electron chi connectivity index (χ2n) is 6.81. The van der Waals surface area contributed by atoms with Crippen molar-refractivity contribution >= 4 is 33.2 Å². The average molecular weight is 423 g/mol. The molecule has 0 saturated carbocycles. The molecule has 1 heterocycles. The molecule has 0 aromatic heterocycles. The summed E-state index contributed by atoms with van der Waals surface area (Å²) < 4.78 is 32.5. The first-order chi connectivity index (χ1) is 13.3. The highest BCUT2D eigenvalue weighted by atomic mass is 35.5. The predicted octanol–water partition coefficient (Wildman–Crippen LogP) is 3.70. The quantitative estimate of drug-likeness (QED) is 0.797. The van der Waals surface area contributed by atoms with E-state index in [1.807, 2.05) is 6.92 Å². The van der Waals surface area contributed by atoms with Crippen LogP contribution in [0, 0.1) is 12.8 Å². The Bertz CT molecular complexity index is 970. The minimum absolute atomic E-state index is 0.111. The summed E-state index contributed by atoms with van der Waals surface area (Å²) in [5.74, 6) is 0.304.